The fraction of sp³-hybridized carbons (Fsp3) is 0.364. The van der Waals surface area contributed by atoms with Crippen LogP contribution in [-0.2, 0) is 4.74 Å². The molecule has 2 atom stereocenters. The van der Waals surface area contributed by atoms with Crippen molar-refractivity contribution < 1.29 is 13.9 Å². The maximum Gasteiger partial charge on any atom is 0.166 e. The summed E-state index contributed by atoms with van der Waals surface area (Å²) in [5.74, 6) is -0.00719. The van der Waals surface area contributed by atoms with E-state index in [4.69, 9.17) is 38.4 Å². The van der Waals surface area contributed by atoms with Gasteiger partial charge in [0.15, 0.2) is 11.6 Å². The molecular formula is C22H22Cl2FN5O2. The molecule has 32 heavy (non-hydrogen) atoms. The molecule has 2 saturated heterocycles. The summed E-state index contributed by atoms with van der Waals surface area (Å²) in [5.41, 5.74) is 8.02. The third-order valence-electron chi connectivity index (χ3n) is 6.06. The number of pyridine rings is 1. The number of aromatic nitrogens is 3. The number of halogens is 3. The Morgan fingerprint density at radius 2 is 2.12 bits per heavy atom. The second-order valence-electron chi connectivity index (χ2n) is 8.29. The molecule has 3 N–H and O–H groups in total. The molecule has 0 saturated carbocycles. The van der Waals surface area contributed by atoms with Crippen molar-refractivity contribution in [3.63, 3.8) is 0 Å². The zero-order valence-corrected chi connectivity index (χ0v) is 18.8. The van der Waals surface area contributed by atoms with Gasteiger partial charge < -0.3 is 20.5 Å². The SMILES string of the molecule is C[C@@H](Oc1cc(-c2cnn(C3COC4(CNC4)C3)c2)cnc1N)c1c(Cl)ccc(F)c1Cl. The van der Waals surface area contributed by atoms with Crippen LogP contribution in [0.3, 0.4) is 0 Å². The van der Waals surface area contributed by atoms with E-state index >= 15 is 0 Å². The van der Waals surface area contributed by atoms with Crippen molar-refractivity contribution in [2.45, 2.75) is 31.1 Å². The molecule has 2 aliphatic rings. The molecule has 168 valence electrons. The van der Waals surface area contributed by atoms with Gasteiger partial charge in [-0.3, -0.25) is 4.68 Å². The lowest BCUT2D eigenvalue weighted by atomic mass is 9.92. The first-order valence-corrected chi connectivity index (χ1v) is 11.1. The highest BCUT2D eigenvalue weighted by atomic mass is 35.5. The van der Waals surface area contributed by atoms with Gasteiger partial charge in [0.1, 0.15) is 11.9 Å². The average molecular weight is 478 g/mol. The minimum Gasteiger partial charge on any atom is -0.482 e. The Kier molecular flexibility index (Phi) is 5.49. The highest BCUT2D eigenvalue weighted by molar-refractivity contribution is 6.36. The fourth-order valence-corrected chi connectivity index (χ4v) is 4.88. The average Bonchev–Trinajstić information content (AvgIpc) is 3.40. The Bertz CT molecular complexity index is 1170. The zero-order valence-electron chi connectivity index (χ0n) is 17.3. The third-order valence-corrected chi connectivity index (χ3v) is 6.78. The van der Waals surface area contributed by atoms with Crippen LogP contribution in [-0.4, -0.2) is 40.1 Å². The van der Waals surface area contributed by atoms with E-state index in [0.29, 0.717) is 22.9 Å². The molecule has 0 bridgehead atoms. The number of nitrogens with two attached hydrogens (primary N) is 1. The van der Waals surface area contributed by atoms with Crippen molar-refractivity contribution in [1.29, 1.82) is 0 Å². The van der Waals surface area contributed by atoms with Crippen LogP contribution in [0.4, 0.5) is 10.2 Å². The second-order valence-corrected chi connectivity index (χ2v) is 9.07. The van der Waals surface area contributed by atoms with Crippen molar-refractivity contribution >= 4 is 29.0 Å². The Balaban J connectivity index is 1.37. The van der Waals surface area contributed by atoms with Crippen LogP contribution in [0.15, 0.2) is 36.8 Å². The minimum absolute atomic E-state index is 0.0455. The van der Waals surface area contributed by atoms with Gasteiger partial charge in [0.2, 0.25) is 0 Å². The van der Waals surface area contributed by atoms with E-state index in [1.807, 2.05) is 10.9 Å². The maximum atomic E-state index is 13.9. The number of nitrogens with zero attached hydrogens (tertiary/aromatic N) is 3. The lowest BCUT2D eigenvalue weighted by Gasteiger charge is -2.38. The molecule has 1 unspecified atom stereocenters. The quantitative estimate of drug-likeness (QED) is 0.529. The molecule has 0 amide bonds. The van der Waals surface area contributed by atoms with Gasteiger partial charge in [0.25, 0.3) is 0 Å². The molecule has 7 nitrogen and oxygen atoms in total. The summed E-state index contributed by atoms with van der Waals surface area (Å²) >= 11 is 12.3. The van der Waals surface area contributed by atoms with Gasteiger partial charge in [-0.05, 0) is 25.1 Å². The van der Waals surface area contributed by atoms with E-state index in [-0.39, 0.29) is 22.5 Å². The Morgan fingerprint density at radius 1 is 1.31 bits per heavy atom. The largest absolute Gasteiger partial charge is 0.482 e. The Labute approximate surface area is 194 Å². The number of nitrogens with one attached hydrogen (secondary N) is 1. The molecule has 2 aromatic heterocycles. The number of anilines is 1. The van der Waals surface area contributed by atoms with Gasteiger partial charge in [0.05, 0.1) is 29.5 Å². The number of hydrogen-bond donors (Lipinski definition) is 2. The van der Waals surface area contributed by atoms with Gasteiger partial charge in [-0.1, -0.05) is 23.2 Å². The van der Waals surface area contributed by atoms with E-state index in [1.165, 1.54) is 12.1 Å². The normalized spacial score (nSPS) is 20.3. The van der Waals surface area contributed by atoms with Crippen molar-refractivity contribution in [2.75, 3.05) is 25.4 Å². The first kappa shape index (κ1) is 21.5. The molecule has 0 aliphatic carbocycles. The standard InChI is InChI=1S/C22H22Cl2FN5O2/c1-12(19-16(23)2-3-17(25)20(19)24)32-18-4-13(6-28-21(18)26)14-7-29-30(8-14)15-5-22(31-9-15)10-27-11-22/h2-4,6-8,12,15,27H,5,9-11H2,1H3,(H2,26,28)/t12-,15?/m1/s1. The van der Waals surface area contributed by atoms with Crippen LogP contribution >= 0.6 is 23.2 Å². The minimum atomic E-state index is -0.643. The Morgan fingerprint density at radius 3 is 2.84 bits per heavy atom. The lowest BCUT2D eigenvalue weighted by molar-refractivity contribution is -0.0362. The highest BCUT2D eigenvalue weighted by Gasteiger charge is 2.46. The Hall–Kier alpha value is -2.39. The molecule has 2 fully saturated rings. The predicted molar refractivity (Wildman–Crippen MR) is 121 cm³/mol. The molecular weight excluding hydrogens is 456 g/mol. The maximum absolute atomic E-state index is 13.9. The highest BCUT2D eigenvalue weighted by Crippen LogP contribution is 2.38. The molecule has 2 aliphatic heterocycles. The van der Waals surface area contributed by atoms with Crippen LogP contribution in [0.1, 0.15) is 31.1 Å². The molecule has 3 aromatic rings. The van der Waals surface area contributed by atoms with Crippen molar-refractivity contribution in [3.05, 3.63) is 58.2 Å². The molecule has 10 heteroatoms. The van der Waals surface area contributed by atoms with Crippen molar-refractivity contribution in [3.8, 4) is 16.9 Å². The van der Waals surface area contributed by atoms with Crippen LogP contribution in [0.5, 0.6) is 5.75 Å². The summed E-state index contributed by atoms with van der Waals surface area (Å²) in [6.07, 6.45) is 5.71. The van der Waals surface area contributed by atoms with Crippen LogP contribution in [0.2, 0.25) is 10.0 Å². The van der Waals surface area contributed by atoms with Crippen molar-refractivity contribution in [2.24, 2.45) is 0 Å². The first-order valence-electron chi connectivity index (χ1n) is 10.3. The van der Waals surface area contributed by atoms with Gasteiger partial charge in [0, 0.05) is 53.6 Å². The summed E-state index contributed by atoms with van der Waals surface area (Å²) in [4.78, 5) is 4.26. The summed E-state index contributed by atoms with van der Waals surface area (Å²) < 4.78 is 27.8. The van der Waals surface area contributed by atoms with Crippen molar-refractivity contribution in [1.82, 2.24) is 20.1 Å². The van der Waals surface area contributed by atoms with Gasteiger partial charge in [-0.25, -0.2) is 9.37 Å². The molecule has 0 radical (unpaired) electrons. The molecule has 5 rings (SSSR count). The van der Waals surface area contributed by atoms with E-state index in [1.54, 1.807) is 25.4 Å². The molecule has 1 spiro atoms. The monoisotopic (exact) mass is 477 g/mol. The topological polar surface area (TPSA) is 87.2 Å². The smallest absolute Gasteiger partial charge is 0.166 e. The number of rotatable bonds is 5. The van der Waals surface area contributed by atoms with E-state index in [2.05, 4.69) is 15.4 Å². The number of hydrogen-bond acceptors (Lipinski definition) is 6. The summed E-state index contributed by atoms with van der Waals surface area (Å²) in [6, 6.07) is 4.64. The van der Waals surface area contributed by atoms with Gasteiger partial charge >= 0.3 is 0 Å². The predicted octanol–water partition coefficient (Wildman–Crippen LogP) is 4.42. The van der Waals surface area contributed by atoms with E-state index in [9.17, 15) is 4.39 Å². The number of nitrogen functional groups attached to an aromatic ring is 1. The number of benzene rings is 1. The van der Waals surface area contributed by atoms with Gasteiger partial charge in [-0.2, -0.15) is 5.10 Å². The summed E-state index contributed by atoms with van der Waals surface area (Å²) in [7, 11) is 0. The van der Waals surface area contributed by atoms with Crippen LogP contribution < -0.4 is 15.8 Å². The first-order chi connectivity index (χ1) is 15.3. The number of ether oxygens (including phenoxy) is 2. The zero-order chi connectivity index (χ0) is 22.5. The molecule has 1 aromatic carbocycles. The summed E-state index contributed by atoms with van der Waals surface area (Å²) in [6.45, 7) is 4.14. The summed E-state index contributed by atoms with van der Waals surface area (Å²) in [5, 5.41) is 8.04. The van der Waals surface area contributed by atoms with E-state index in [0.717, 1.165) is 30.6 Å². The van der Waals surface area contributed by atoms with Crippen LogP contribution in [0.25, 0.3) is 11.1 Å². The fourth-order valence-electron chi connectivity index (χ4n) is 4.20. The lowest BCUT2D eigenvalue weighted by Crippen LogP contribution is -2.59. The second kappa shape index (κ2) is 8.19. The molecule has 4 heterocycles. The van der Waals surface area contributed by atoms with Crippen LogP contribution in [0, 0.1) is 5.82 Å². The van der Waals surface area contributed by atoms with Gasteiger partial charge in [-0.15, -0.1) is 0 Å². The van der Waals surface area contributed by atoms with E-state index < -0.39 is 11.9 Å². The third kappa shape index (κ3) is 3.81.